The highest BCUT2D eigenvalue weighted by Crippen LogP contribution is 2.29. The molecule has 1 aromatic rings. The Morgan fingerprint density at radius 3 is 2.57 bits per heavy atom. The number of nitrogens with zero attached hydrogens (tertiary/aromatic N) is 2. The summed E-state index contributed by atoms with van der Waals surface area (Å²) in [6.45, 7) is 4.23. The second-order valence-corrected chi connectivity index (χ2v) is 4.82. The quantitative estimate of drug-likeness (QED) is 0.450. The summed E-state index contributed by atoms with van der Waals surface area (Å²) < 4.78 is 10.5. The summed E-state index contributed by atoms with van der Waals surface area (Å²) in [6.07, 6.45) is 1.71. The molecule has 0 atom stereocenters. The van der Waals surface area contributed by atoms with Crippen LogP contribution in [-0.4, -0.2) is 58.2 Å². The fraction of sp³-hybridized carbons (Fsp3) is 0.375. The number of anilines is 1. The van der Waals surface area contributed by atoms with Crippen LogP contribution in [0.5, 0.6) is 11.5 Å². The molecule has 0 bridgehead atoms. The highest BCUT2D eigenvalue weighted by Gasteiger charge is 2.07. The molecular formula is C16H24N4O3. The van der Waals surface area contributed by atoms with E-state index in [1.54, 1.807) is 46.5 Å². The van der Waals surface area contributed by atoms with E-state index in [0.717, 1.165) is 5.69 Å². The number of ether oxygens (including phenoxy) is 2. The van der Waals surface area contributed by atoms with Crippen LogP contribution in [0, 0.1) is 0 Å². The Bertz CT molecular complexity index is 570. The van der Waals surface area contributed by atoms with Gasteiger partial charge in [-0.2, -0.15) is 0 Å². The smallest absolute Gasteiger partial charge is 0.243 e. The summed E-state index contributed by atoms with van der Waals surface area (Å²) >= 11 is 0. The average Bonchev–Trinajstić information content (AvgIpc) is 2.56. The Morgan fingerprint density at radius 1 is 1.30 bits per heavy atom. The third-order valence-corrected chi connectivity index (χ3v) is 2.93. The van der Waals surface area contributed by atoms with Crippen molar-refractivity contribution in [2.24, 2.45) is 4.99 Å². The molecule has 1 amide bonds. The fourth-order valence-corrected chi connectivity index (χ4v) is 1.65. The molecule has 0 saturated heterocycles. The number of likely N-dealkylation sites (N-methyl/N-ethyl adjacent to an activating group) is 1. The van der Waals surface area contributed by atoms with Gasteiger partial charge in [-0.15, -0.1) is 6.58 Å². The Kier molecular flexibility index (Phi) is 7.45. The van der Waals surface area contributed by atoms with Crippen molar-refractivity contribution in [2.45, 2.75) is 0 Å². The number of carbonyl (C=O) groups is 1. The van der Waals surface area contributed by atoms with Gasteiger partial charge in [0.25, 0.3) is 0 Å². The maximum absolute atomic E-state index is 11.7. The van der Waals surface area contributed by atoms with Crippen LogP contribution in [0.1, 0.15) is 0 Å². The standard InChI is InChI=1S/C16H24N4O3/c1-6-9-17-16(18-11-15(21)20(2)3)19-12-7-8-13(22-4)14(10-12)23-5/h6-8,10H,1,9,11H2,2-5H3,(H2,17,18,19). The van der Waals surface area contributed by atoms with Crippen molar-refractivity contribution in [3.63, 3.8) is 0 Å². The predicted octanol–water partition coefficient (Wildman–Crippen LogP) is 1.34. The van der Waals surface area contributed by atoms with Crippen molar-refractivity contribution >= 4 is 17.6 Å². The van der Waals surface area contributed by atoms with Crippen LogP contribution in [-0.2, 0) is 4.79 Å². The topological polar surface area (TPSA) is 75.2 Å². The Morgan fingerprint density at radius 2 is 2.00 bits per heavy atom. The zero-order valence-electron chi connectivity index (χ0n) is 14.0. The second-order valence-electron chi connectivity index (χ2n) is 4.82. The first-order chi connectivity index (χ1) is 11.0. The first-order valence-electron chi connectivity index (χ1n) is 7.10. The van der Waals surface area contributed by atoms with Gasteiger partial charge >= 0.3 is 0 Å². The molecule has 1 rings (SSSR count). The average molecular weight is 320 g/mol. The fourth-order valence-electron chi connectivity index (χ4n) is 1.65. The van der Waals surface area contributed by atoms with Crippen molar-refractivity contribution in [1.82, 2.24) is 10.2 Å². The van der Waals surface area contributed by atoms with Gasteiger partial charge in [0.2, 0.25) is 5.91 Å². The number of hydrogen-bond acceptors (Lipinski definition) is 4. The lowest BCUT2D eigenvalue weighted by Gasteiger charge is -2.14. The number of methoxy groups -OCH3 is 2. The zero-order chi connectivity index (χ0) is 17.2. The van der Waals surface area contributed by atoms with Gasteiger partial charge in [0.15, 0.2) is 17.5 Å². The van der Waals surface area contributed by atoms with Crippen molar-refractivity contribution in [3.05, 3.63) is 30.9 Å². The molecule has 0 aliphatic heterocycles. The predicted molar refractivity (Wildman–Crippen MR) is 92.4 cm³/mol. The van der Waals surface area contributed by atoms with E-state index in [2.05, 4.69) is 22.2 Å². The lowest BCUT2D eigenvalue weighted by molar-refractivity contribution is -0.127. The number of aliphatic imine (C=N–C) groups is 1. The molecule has 0 unspecified atom stereocenters. The minimum atomic E-state index is -0.0861. The van der Waals surface area contributed by atoms with Gasteiger partial charge in [-0.25, -0.2) is 4.99 Å². The second kappa shape index (κ2) is 9.34. The van der Waals surface area contributed by atoms with Crippen molar-refractivity contribution < 1.29 is 14.3 Å². The van der Waals surface area contributed by atoms with Gasteiger partial charge < -0.3 is 25.0 Å². The van der Waals surface area contributed by atoms with Gasteiger partial charge in [0.05, 0.1) is 14.2 Å². The Hall–Kier alpha value is -2.70. The molecule has 23 heavy (non-hydrogen) atoms. The van der Waals surface area contributed by atoms with Crippen molar-refractivity contribution in [3.8, 4) is 11.5 Å². The van der Waals surface area contributed by atoms with Crippen LogP contribution in [0.4, 0.5) is 5.69 Å². The SMILES string of the molecule is C=CCNC(=NCC(=O)N(C)C)Nc1ccc(OC)c(OC)c1. The lowest BCUT2D eigenvalue weighted by Crippen LogP contribution is -2.33. The summed E-state index contributed by atoms with van der Waals surface area (Å²) in [5, 5.41) is 6.18. The van der Waals surface area contributed by atoms with E-state index in [4.69, 9.17) is 9.47 Å². The lowest BCUT2D eigenvalue weighted by atomic mass is 10.3. The van der Waals surface area contributed by atoms with Gasteiger partial charge in [0.1, 0.15) is 6.54 Å². The van der Waals surface area contributed by atoms with E-state index >= 15 is 0 Å². The number of amides is 1. The molecule has 0 radical (unpaired) electrons. The largest absolute Gasteiger partial charge is 0.493 e. The molecule has 1 aromatic carbocycles. The van der Waals surface area contributed by atoms with E-state index in [0.29, 0.717) is 24.0 Å². The first kappa shape index (κ1) is 18.3. The number of hydrogen-bond donors (Lipinski definition) is 2. The maximum Gasteiger partial charge on any atom is 0.243 e. The van der Waals surface area contributed by atoms with Gasteiger partial charge in [-0.05, 0) is 12.1 Å². The molecule has 0 fully saturated rings. The zero-order valence-corrected chi connectivity index (χ0v) is 14.0. The van der Waals surface area contributed by atoms with Crippen LogP contribution in [0.25, 0.3) is 0 Å². The van der Waals surface area contributed by atoms with E-state index in [-0.39, 0.29) is 12.5 Å². The van der Waals surface area contributed by atoms with Crippen LogP contribution in [0.2, 0.25) is 0 Å². The summed E-state index contributed by atoms with van der Waals surface area (Å²) in [6, 6.07) is 5.41. The number of carbonyl (C=O) groups excluding carboxylic acids is 1. The molecule has 2 N–H and O–H groups in total. The minimum Gasteiger partial charge on any atom is -0.493 e. The summed E-state index contributed by atoms with van der Waals surface area (Å²) in [5.41, 5.74) is 0.760. The molecule has 0 aliphatic rings. The van der Waals surface area contributed by atoms with E-state index in [1.807, 2.05) is 6.07 Å². The third-order valence-electron chi connectivity index (χ3n) is 2.93. The number of benzene rings is 1. The van der Waals surface area contributed by atoms with Crippen molar-refractivity contribution in [1.29, 1.82) is 0 Å². The Labute approximate surface area is 137 Å². The van der Waals surface area contributed by atoms with E-state index in [9.17, 15) is 4.79 Å². The van der Waals surface area contributed by atoms with Crippen LogP contribution < -0.4 is 20.1 Å². The normalized spacial score (nSPS) is 10.7. The summed E-state index contributed by atoms with van der Waals surface area (Å²) in [7, 11) is 6.53. The molecule has 0 aliphatic carbocycles. The highest BCUT2D eigenvalue weighted by atomic mass is 16.5. The number of rotatable bonds is 7. The highest BCUT2D eigenvalue weighted by molar-refractivity contribution is 5.95. The number of guanidine groups is 1. The van der Waals surface area contributed by atoms with Gasteiger partial charge in [-0.1, -0.05) is 6.08 Å². The van der Waals surface area contributed by atoms with E-state index < -0.39 is 0 Å². The molecule has 0 aromatic heterocycles. The first-order valence-corrected chi connectivity index (χ1v) is 7.10. The molecule has 7 heteroatoms. The van der Waals surface area contributed by atoms with Crippen molar-refractivity contribution in [2.75, 3.05) is 46.7 Å². The Balaban J connectivity index is 2.89. The number of nitrogens with one attached hydrogen (secondary N) is 2. The van der Waals surface area contributed by atoms with Gasteiger partial charge in [-0.3, -0.25) is 4.79 Å². The summed E-state index contributed by atoms with van der Waals surface area (Å²) in [4.78, 5) is 17.4. The third kappa shape index (κ3) is 5.90. The molecule has 0 spiro atoms. The monoisotopic (exact) mass is 320 g/mol. The molecule has 0 saturated carbocycles. The molecule has 7 nitrogen and oxygen atoms in total. The molecule has 126 valence electrons. The maximum atomic E-state index is 11.7. The van der Waals surface area contributed by atoms with Gasteiger partial charge in [0, 0.05) is 32.4 Å². The van der Waals surface area contributed by atoms with E-state index in [1.165, 1.54) is 4.90 Å². The van der Waals surface area contributed by atoms with Crippen LogP contribution >= 0.6 is 0 Å². The minimum absolute atomic E-state index is 0.0484. The van der Waals surface area contributed by atoms with Crippen LogP contribution in [0.3, 0.4) is 0 Å². The molecular weight excluding hydrogens is 296 g/mol. The molecule has 0 heterocycles. The summed E-state index contributed by atoms with van der Waals surface area (Å²) in [5.74, 6) is 1.63. The van der Waals surface area contributed by atoms with Crippen LogP contribution in [0.15, 0.2) is 35.8 Å².